The summed E-state index contributed by atoms with van der Waals surface area (Å²) in [5, 5.41) is 0.988. The summed E-state index contributed by atoms with van der Waals surface area (Å²) < 4.78 is 18.7. The second-order valence-corrected chi connectivity index (χ2v) is 16.1. The summed E-state index contributed by atoms with van der Waals surface area (Å²) in [4.78, 5) is 32.7. The van der Waals surface area contributed by atoms with Gasteiger partial charge in [-0.15, -0.1) is 0 Å². The monoisotopic (exact) mass is 690 g/mol. The predicted octanol–water partition coefficient (Wildman–Crippen LogP) is 8.33. The van der Waals surface area contributed by atoms with Gasteiger partial charge in [0.05, 0.1) is 17.4 Å². The van der Waals surface area contributed by atoms with Crippen LogP contribution in [0.5, 0.6) is 0 Å². The molecule has 10 heteroatoms. The van der Waals surface area contributed by atoms with Crippen LogP contribution >= 0.6 is 0 Å². The van der Waals surface area contributed by atoms with Crippen molar-refractivity contribution in [2.75, 3.05) is 35.2 Å². The second-order valence-electron chi connectivity index (χ2n) is 16.1. The van der Waals surface area contributed by atoms with E-state index in [2.05, 4.69) is 51.8 Å². The normalized spacial score (nSPS) is 16.9. The number of anilines is 3. The largest absolute Gasteiger partial charge is 0.461 e. The smallest absolute Gasteiger partial charge is 0.340 e. The summed E-state index contributed by atoms with van der Waals surface area (Å²) in [6.45, 7) is 19.2. The quantitative estimate of drug-likeness (QED) is 0.167. The third kappa shape index (κ3) is 6.86. The number of nitrogen functional groups attached to an aromatic ring is 1. The highest BCUT2D eigenvalue weighted by molar-refractivity contribution is 6.05. The molecule has 1 fully saturated rings. The van der Waals surface area contributed by atoms with Gasteiger partial charge in [-0.1, -0.05) is 44.2 Å². The molecule has 7 rings (SSSR count). The molecular formula is C41H50N6O4. The number of benzene rings is 2. The van der Waals surface area contributed by atoms with Gasteiger partial charge >= 0.3 is 5.97 Å². The number of carbonyl (C=O) groups excluding carboxylic acids is 1. The SMILES string of the molecule is Cc1nc(N)c(-c2ccc3c(c2)CCN(c2ncnc4c2oc2ccccc24)C3)c(N2CCC(C)(C)CC2)c1[C@H](OC(C)(C)C)C(=O)OC(C)C. The first-order valence-corrected chi connectivity index (χ1v) is 18.1. The first kappa shape index (κ1) is 34.7. The summed E-state index contributed by atoms with van der Waals surface area (Å²) in [6, 6.07) is 14.5. The van der Waals surface area contributed by atoms with E-state index in [-0.39, 0.29) is 11.5 Å². The molecule has 2 aromatic carbocycles. The number of pyridine rings is 1. The van der Waals surface area contributed by atoms with E-state index in [0.717, 1.165) is 83.6 Å². The maximum absolute atomic E-state index is 13.9. The van der Waals surface area contributed by atoms with Crippen molar-refractivity contribution in [3.63, 3.8) is 0 Å². The van der Waals surface area contributed by atoms with Crippen LogP contribution in [-0.4, -0.2) is 52.3 Å². The Balaban J connectivity index is 1.31. The molecule has 0 saturated carbocycles. The molecule has 10 nitrogen and oxygen atoms in total. The van der Waals surface area contributed by atoms with Crippen LogP contribution < -0.4 is 15.5 Å². The number of esters is 1. The van der Waals surface area contributed by atoms with E-state index < -0.39 is 17.7 Å². The Labute approximate surface area is 300 Å². The van der Waals surface area contributed by atoms with Crippen molar-refractivity contribution in [1.29, 1.82) is 0 Å². The fraction of sp³-hybridized carbons (Fsp3) is 0.463. The number of aromatic nitrogens is 3. The third-order valence-electron chi connectivity index (χ3n) is 10.1. The number of nitrogens with two attached hydrogens (primary N) is 1. The summed E-state index contributed by atoms with van der Waals surface area (Å²) >= 11 is 0. The van der Waals surface area contributed by atoms with E-state index in [1.54, 1.807) is 6.33 Å². The molecule has 5 heterocycles. The van der Waals surface area contributed by atoms with E-state index in [9.17, 15) is 4.79 Å². The van der Waals surface area contributed by atoms with E-state index in [4.69, 9.17) is 24.6 Å². The molecule has 0 spiro atoms. The molecule has 0 radical (unpaired) electrons. The molecular weight excluding hydrogens is 640 g/mol. The zero-order chi connectivity index (χ0) is 36.2. The first-order chi connectivity index (χ1) is 24.2. The molecule has 2 aliphatic rings. The number of hydrogen-bond donors (Lipinski definition) is 1. The summed E-state index contributed by atoms with van der Waals surface area (Å²) in [5.74, 6) is 0.817. The molecule has 51 heavy (non-hydrogen) atoms. The highest BCUT2D eigenvalue weighted by Gasteiger charge is 2.38. The van der Waals surface area contributed by atoms with Crippen molar-refractivity contribution in [2.45, 2.75) is 99.0 Å². The van der Waals surface area contributed by atoms with Crippen molar-refractivity contribution >= 4 is 45.4 Å². The number of nitrogens with zero attached hydrogens (tertiary/aromatic N) is 5. The van der Waals surface area contributed by atoms with Gasteiger partial charge in [-0.05, 0) is 95.0 Å². The Hall–Kier alpha value is -4.70. The number of hydrogen-bond acceptors (Lipinski definition) is 10. The summed E-state index contributed by atoms with van der Waals surface area (Å²) in [6.07, 6.45) is 3.18. The molecule has 268 valence electrons. The standard InChI is InChI=1S/C41H50N6O4/c1-24(2)49-39(48)35(51-40(4,5)6)31-25(3)45-37(42)32(34(31)46-19-16-41(7,8)17-20-46)27-13-14-28-22-47(18-15-26(28)21-27)38-36-33(43-23-44-38)29-11-9-10-12-30(29)50-36/h9-14,21,23-24,35H,15-20,22H2,1-8H3,(H2,42,45)/t35-/m0/s1. The molecule has 0 unspecified atom stereocenters. The average molecular weight is 691 g/mol. The van der Waals surface area contributed by atoms with Crippen LogP contribution in [0, 0.1) is 12.3 Å². The van der Waals surface area contributed by atoms with E-state index in [1.807, 2.05) is 65.8 Å². The van der Waals surface area contributed by atoms with Crippen LogP contribution in [0.4, 0.5) is 17.3 Å². The number of piperidine rings is 1. The number of rotatable bonds is 7. The van der Waals surface area contributed by atoms with Gasteiger partial charge in [-0.25, -0.2) is 19.7 Å². The third-order valence-corrected chi connectivity index (χ3v) is 10.1. The van der Waals surface area contributed by atoms with Gasteiger partial charge in [0.25, 0.3) is 0 Å². The van der Waals surface area contributed by atoms with Crippen LogP contribution in [0.25, 0.3) is 33.2 Å². The Kier molecular flexibility index (Phi) is 8.94. The number of aryl methyl sites for hydroxylation is 1. The van der Waals surface area contributed by atoms with Crippen LogP contribution in [0.1, 0.15) is 89.8 Å². The highest BCUT2D eigenvalue weighted by atomic mass is 16.6. The van der Waals surface area contributed by atoms with E-state index in [1.165, 1.54) is 11.1 Å². The van der Waals surface area contributed by atoms with Crippen LogP contribution in [0.15, 0.2) is 53.2 Å². The van der Waals surface area contributed by atoms with E-state index >= 15 is 0 Å². The van der Waals surface area contributed by atoms with Gasteiger partial charge in [0.2, 0.25) is 0 Å². The van der Waals surface area contributed by atoms with Crippen molar-refractivity contribution in [3.8, 4) is 11.1 Å². The molecule has 0 bridgehead atoms. The predicted molar refractivity (Wildman–Crippen MR) is 203 cm³/mol. The van der Waals surface area contributed by atoms with Crippen molar-refractivity contribution in [2.24, 2.45) is 5.41 Å². The van der Waals surface area contributed by atoms with Gasteiger partial charge in [0.15, 0.2) is 17.5 Å². The van der Waals surface area contributed by atoms with Gasteiger partial charge in [-0.2, -0.15) is 0 Å². The minimum atomic E-state index is -0.974. The van der Waals surface area contributed by atoms with Gasteiger partial charge in [0.1, 0.15) is 23.2 Å². The zero-order valence-corrected chi connectivity index (χ0v) is 31.2. The molecule has 1 saturated heterocycles. The van der Waals surface area contributed by atoms with Gasteiger partial charge < -0.3 is 29.4 Å². The van der Waals surface area contributed by atoms with Crippen molar-refractivity contribution in [1.82, 2.24) is 15.0 Å². The Morgan fingerprint density at radius 2 is 1.75 bits per heavy atom. The number of ether oxygens (including phenoxy) is 2. The Morgan fingerprint density at radius 3 is 2.47 bits per heavy atom. The molecule has 3 aromatic heterocycles. The molecule has 0 aliphatic carbocycles. The molecule has 2 aliphatic heterocycles. The highest BCUT2D eigenvalue weighted by Crippen LogP contribution is 2.47. The minimum absolute atomic E-state index is 0.220. The van der Waals surface area contributed by atoms with Crippen LogP contribution in [0.3, 0.4) is 0 Å². The number of furan rings is 1. The number of fused-ring (bicyclic) bond motifs is 4. The topological polar surface area (TPSA) is 120 Å². The van der Waals surface area contributed by atoms with Gasteiger partial charge in [-0.3, -0.25) is 0 Å². The van der Waals surface area contributed by atoms with Crippen LogP contribution in [-0.2, 0) is 27.2 Å². The van der Waals surface area contributed by atoms with Crippen LogP contribution in [0.2, 0.25) is 0 Å². The number of carbonyl (C=O) groups is 1. The lowest BCUT2D eigenvalue weighted by molar-refractivity contribution is -0.171. The molecule has 1 atom stereocenters. The lowest BCUT2D eigenvalue weighted by atomic mass is 9.81. The summed E-state index contributed by atoms with van der Waals surface area (Å²) in [7, 11) is 0. The second kappa shape index (κ2) is 13.1. The fourth-order valence-electron chi connectivity index (χ4n) is 7.49. The maximum atomic E-state index is 13.9. The lowest BCUT2D eigenvalue weighted by Gasteiger charge is -2.41. The molecule has 2 N–H and O–H groups in total. The maximum Gasteiger partial charge on any atom is 0.340 e. The zero-order valence-electron chi connectivity index (χ0n) is 31.2. The lowest BCUT2D eigenvalue weighted by Crippen LogP contribution is -2.39. The molecule has 0 amide bonds. The first-order valence-electron chi connectivity index (χ1n) is 18.1. The van der Waals surface area contributed by atoms with Crippen molar-refractivity contribution < 1.29 is 18.7 Å². The van der Waals surface area contributed by atoms with Gasteiger partial charge in [0, 0.05) is 48.4 Å². The van der Waals surface area contributed by atoms with E-state index in [0.29, 0.717) is 23.6 Å². The Bertz CT molecular complexity index is 2100. The average Bonchev–Trinajstić information content (AvgIpc) is 3.45. The number of para-hydroxylation sites is 1. The summed E-state index contributed by atoms with van der Waals surface area (Å²) in [5.41, 5.74) is 15.4. The fourth-order valence-corrected chi connectivity index (χ4v) is 7.49. The Morgan fingerprint density at radius 1 is 1.00 bits per heavy atom. The minimum Gasteiger partial charge on any atom is -0.461 e. The molecule has 5 aromatic rings. The van der Waals surface area contributed by atoms with Crippen molar-refractivity contribution in [3.05, 3.63) is 71.2 Å².